The van der Waals surface area contributed by atoms with Crippen LogP contribution in [0.15, 0.2) is 120 Å². The molecule has 0 bridgehead atoms. The molecule has 6 aromatic rings. The van der Waals surface area contributed by atoms with Gasteiger partial charge in [-0.25, -0.2) is 0 Å². The van der Waals surface area contributed by atoms with Crippen LogP contribution in [0.3, 0.4) is 0 Å². The number of benzene rings is 4. The first-order valence-corrected chi connectivity index (χ1v) is 12.4. The number of rotatable bonds is 5. The molecule has 0 amide bonds. The van der Waals surface area contributed by atoms with E-state index in [1.165, 1.54) is 11.1 Å². The third-order valence-electron chi connectivity index (χ3n) is 7.39. The van der Waals surface area contributed by atoms with Crippen LogP contribution >= 0.6 is 0 Å². The van der Waals surface area contributed by atoms with Crippen LogP contribution in [-0.4, -0.2) is 4.98 Å². The summed E-state index contributed by atoms with van der Waals surface area (Å²) in [5, 5.41) is 2.10. The van der Waals surface area contributed by atoms with Crippen molar-refractivity contribution in [3.8, 4) is 11.3 Å². The number of hydrogen-bond acceptors (Lipinski definition) is 2. The predicted octanol–water partition coefficient (Wildman–Crippen LogP) is 9.13. The third kappa shape index (κ3) is 3.79. The van der Waals surface area contributed by atoms with Crippen LogP contribution in [0.1, 0.15) is 50.3 Å². The lowest BCUT2D eigenvalue weighted by molar-refractivity contribution is 0.640. The Labute approximate surface area is 213 Å². The second-order valence-corrected chi connectivity index (χ2v) is 9.91. The number of fused-ring (bicyclic) bond motifs is 3. The molecule has 2 heterocycles. The third-order valence-corrected chi connectivity index (χ3v) is 7.39. The molecular formula is C34H29NO. The maximum Gasteiger partial charge on any atom is 0.144 e. The van der Waals surface area contributed by atoms with Crippen molar-refractivity contribution >= 4 is 21.9 Å². The lowest BCUT2D eigenvalue weighted by atomic mass is 9.78. The van der Waals surface area contributed by atoms with Crippen molar-refractivity contribution in [1.82, 2.24) is 4.98 Å². The van der Waals surface area contributed by atoms with Crippen molar-refractivity contribution in [1.29, 1.82) is 0 Å². The number of pyridine rings is 1. The summed E-state index contributed by atoms with van der Waals surface area (Å²) in [6.07, 6.45) is 1.89. The zero-order valence-electron chi connectivity index (χ0n) is 21.8. The molecule has 0 N–H and O–H groups in total. The summed E-state index contributed by atoms with van der Waals surface area (Å²) in [7, 11) is 0. The molecule has 0 radical (unpaired) electrons. The molecule has 6 rings (SSSR count). The Kier molecular flexibility index (Phi) is 5.17. The highest BCUT2D eigenvalue weighted by molar-refractivity contribution is 6.09. The highest BCUT2D eigenvalue weighted by atomic mass is 16.3. The van der Waals surface area contributed by atoms with Crippen LogP contribution in [0.4, 0.5) is 0 Å². The van der Waals surface area contributed by atoms with E-state index in [0.29, 0.717) is 0 Å². The van der Waals surface area contributed by atoms with Gasteiger partial charge in [0.1, 0.15) is 11.2 Å². The van der Waals surface area contributed by atoms with Gasteiger partial charge in [0.05, 0.1) is 5.69 Å². The van der Waals surface area contributed by atoms with Crippen LogP contribution in [0.5, 0.6) is 0 Å². The fraction of sp³-hybridized carbons (Fsp3) is 0.147. The number of nitrogens with zero attached hydrogens (tertiary/aromatic N) is 1. The van der Waals surface area contributed by atoms with Crippen molar-refractivity contribution < 1.29 is 5.79 Å². The van der Waals surface area contributed by atoms with Gasteiger partial charge in [-0.1, -0.05) is 106 Å². The van der Waals surface area contributed by atoms with Crippen molar-refractivity contribution in [2.45, 2.75) is 32.1 Å². The SMILES string of the molecule is [2H]C(C)(c1ccccc1)c1ccc2c(c1)oc1c(-c3cc(C(C)(C)c4ccccc4)ccn3)cccc12. The molecule has 4 aromatic carbocycles. The minimum absolute atomic E-state index is 0.161. The van der Waals surface area contributed by atoms with E-state index >= 15 is 0 Å². The molecule has 2 nitrogen and oxygen atoms in total. The normalized spacial score (nSPS) is 14.0. The summed E-state index contributed by atoms with van der Waals surface area (Å²) < 4.78 is 15.6. The lowest BCUT2D eigenvalue weighted by Crippen LogP contribution is -2.18. The number of para-hydroxylation sites is 1. The molecule has 0 aliphatic rings. The Morgan fingerprint density at radius 1 is 0.722 bits per heavy atom. The molecule has 0 saturated heterocycles. The van der Waals surface area contributed by atoms with Gasteiger partial charge in [0, 0.05) is 35.2 Å². The zero-order valence-corrected chi connectivity index (χ0v) is 20.8. The summed E-state index contributed by atoms with van der Waals surface area (Å²) in [5.41, 5.74) is 7.62. The lowest BCUT2D eigenvalue weighted by Gasteiger charge is -2.26. The Bertz CT molecular complexity index is 1720. The van der Waals surface area contributed by atoms with E-state index < -0.39 is 5.89 Å². The number of aromatic nitrogens is 1. The average Bonchev–Trinajstić information content (AvgIpc) is 3.32. The molecular weight excluding hydrogens is 438 g/mol. The topological polar surface area (TPSA) is 26.0 Å². The molecule has 176 valence electrons. The summed E-state index contributed by atoms with van der Waals surface area (Å²) in [4.78, 5) is 4.74. The van der Waals surface area contributed by atoms with Gasteiger partial charge in [0.15, 0.2) is 0 Å². The second-order valence-electron chi connectivity index (χ2n) is 9.91. The van der Waals surface area contributed by atoms with E-state index in [9.17, 15) is 0 Å². The van der Waals surface area contributed by atoms with E-state index in [0.717, 1.165) is 44.3 Å². The van der Waals surface area contributed by atoms with Gasteiger partial charge < -0.3 is 4.42 Å². The maximum absolute atomic E-state index is 9.10. The van der Waals surface area contributed by atoms with E-state index in [4.69, 9.17) is 10.8 Å². The van der Waals surface area contributed by atoms with Gasteiger partial charge >= 0.3 is 0 Å². The van der Waals surface area contributed by atoms with Crippen LogP contribution in [0.2, 0.25) is 0 Å². The quantitative estimate of drug-likeness (QED) is 0.252. The molecule has 1 atom stereocenters. The Balaban J connectivity index is 1.46. The van der Waals surface area contributed by atoms with Crippen molar-refractivity contribution in [3.05, 3.63) is 138 Å². The summed E-state index contributed by atoms with van der Waals surface area (Å²) in [6.45, 7) is 6.42. The minimum atomic E-state index is -0.879. The second kappa shape index (κ2) is 8.80. The molecule has 0 spiro atoms. The van der Waals surface area contributed by atoms with Crippen LogP contribution in [0, 0.1) is 0 Å². The van der Waals surface area contributed by atoms with E-state index in [-0.39, 0.29) is 5.41 Å². The molecule has 0 aliphatic heterocycles. The Morgan fingerprint density at radius 3 is 2.25 bits per heavy atom. The van der Waals surface area contributed by atoms with Crippen LogP contribution < -0.4 is 0 Å². The first-order valence-electron chi connectivity index (χ1n) is 12.9. The smallest absolute Gasteiger partial charge is 0.144 e. The molecule has 2 heteroatoms. The fourth-order valence-electron chi connectivity index (χ4n) is 5.08. The number of furan rings is 1. The van der Waals surface area contributed by atoms with Crippen LogP contribution in [-0.2, 0) is 5.41 Å². The van der Waals surface area contributed by atoms with Crippen molar-refractivity contribution in [2.24, 2.45) is 0 Å². The first kappa shape index (κ1) is 21.1. The molecule has 0 saturated carbocycles. The molecule has 2 aromatic heterocycles. The van der Waals surface area contributed by atoms with Crippen molar-refractivity contribution in [2.75, 3.05) is 0 Å². The van der Waals surface area contributed by atoms with E-state index in [1.807, 2.05) is 55.6 Å². The van der Waals surface area contributed by atoms with Gasteiger partial charge in [-0.15, -0.1) is 0 Å². The zero-order chi connectivity index (χ0) is 25.6. The first-order chi connectivity index (χ1) is 17.9. The summed E-state index contributed by atoms with van der Waals surface area (Å²) in [5.74, 6) is -0.879. The van der Waals surface area contributed by atoms with Gasteiger partial charge in [-0.05, 0) is 46.5 Å². The van der Waals surface area contributed by atoms with Gasteiger partial charge in [0.2, 0.25) is 0 Å². The standard InChI is InChI=1S/C34H29NO/c1-23(24-11-6-4-7-12-24)25-17-18-28-29-15-10-16-30(33(29)36-32(28)21-25)31-22-27(19-20-35-31)34(2,3)26-13-8-5-9-14-26/h4-23H,1-3H3/i23D. The summed E-state index contributed by atoms with van der Waals surface area (Å²) >= 11 is 0. The van der Waals surface area contributed by atoms with Gasteiger partial charge in [-0.2, -0.15) is 0 Å². The fourth-order valence-corrected chi connectivity index (χ4v) is 5.08. The summed E-state index contributed by atoms with van der Waals surface area (Å²) in [6, 6.07) is 37.2. The predicted molar refractivity (Wildman–Crippen MR) is 149 cm³/mol. The van der Waals surface area contributed by atoms with Gasteiger partial charge in [0.25, 0.3) is 0 Å². The highest BCUT2D eigenvalue weighted by Gasteiger charge is 2.24. The highest BCUT2D eigenvalue weighted by Crippen LogP contribution is 2.38. The minimum Gasteiger partial charge on any atom is -0.455 e. The molecule has 0 aliphatic carbocycles. The Morgan fingerprint density at radius 2 is 1.47 bits per heavy atom. The van der Waals surface area contributed by atoms with Gasteiger partial charge in [-0.3, -0.25) is 4.98 Å². The van der Waals surface area contributed by atoms with E-state index in [1.54, 1.807) is 0 Å². The maximum atomic E-state index is 9.10. The molecule has 0 fully saturated rings. The molecule has 1 unspecified atom stereocenters. The Hall–Kier alpha value is -4.17. The van der Waals surface area contributed by atoms with Crippen molar-refractivity contribution in [3.63, 3.8) is 0 Å². The largest absolute Gasteiger partial charge is 0.455 e. The van der Waals surface area contributed by atoms with Crippen LogP contribution in [0.25, 0.3) is 33.2 Å². The monoisotopic (exact) mass is 468 g/mol. The average molecular weight is 469 g/mol. The molecule has 36 heavy (non-hydrogen) atoms. The number of hydrogen-bond donors (Lipinski definition) is 0. The van der Waals surface area contributed by atoms with E-state index in [2.05, 4.69) is 80.6 Å².